The second kappa shape index (κ2) is 4.22. The van der Waals surface area contributed by atoms with Gasteiger partial charge in [-0.3, -0.25) is 10.1 Å². The monoisotopic (exact) mass is 273 g/mol. The molecular formula is C13H11N3O4. The SMILES string of the molecule is O=C(Nc1nnc(-c2ccc3c(c2)OCO3)o1)C1CC1. The molecule has 1 aliphatic heterocycles. The van der Waals surface area contributed by atoms with Gasteiger partial charge in [-0.25, -0.2) is 0 Å². The van der Waals surface area contributed by atoms with Crippen LogP contribution in [0.5, 0.6) is 11.5 Å². The average molecular weight is 273 g/mol. The van der Waals surface area contributed by atoms with E-state index in [-0.39, 0.29) is 24.6 Å². The summed E-state index contributed by atoms with van der Waals surface area (Å²) in [7, 11) is 0. The van der Waals surface area contributed by atoms with Crippen LogP contribution in [-0.2, 0) is 4.79 Å². The number of rotatable bonds is 3. The van der Waals surface area contributed by atoms with E-state index in [1.807, 2.05) is 0 Å². The molecule has 7 nitrogen and oxygen atoms in total. The molecule has 0 unspecified atom stereocenters. The van der Waals surface area contributed by atoms with Gasteiger partial charge in [0.25, 0.3) is 0 Å². The summed E-state index contributed by atoms with van der Waals surface area (Å²) in [6.07, 6.45) is 1.85. The first-order valence-corrected chi connectivity index (χ1v) is 6.34. The summed E-state index contributed by atoms with van der Waals surface area (Å²) < 4.78 is 16.0. The Balaban J connectivity index is 1.56. The average Bonchev–Trinajstić information content (AvgIpc) is 3.03. The minimum absolute atomic E-state index is 0.0640. The number of benzene rings is 1. The van der Waals surface area contributed by atoms with Crippen molar-refractivity contribution in [3.8, 4) is 23.0 Å². The standard InChI is InChI=1S/C13H11N3O4/c17-11(7-1-2-7)14-13-16-15-12(20-13)8-3-4-9-10(5-8)19-6-18-9/h3-5,7H,1-2,6H2,(H,14,16,17). The number of nitrogens with one attached hydrogen (secondary N) is 1. The largest absolute Gasteiger partial charge is 0.454 e. The van der Waals surface area contributed by atoms with Gasteiger partial charge in [-0.15, -0.1) is 5.10 Å². The number of hydrogen-bond acceptors (Lipinski definition) is 6. The molecule has 1 fully saturated rings. The molecule has 1 aromatic carbocycles. The quantitative estimate of drug-likeness (QED) is 0.917. The molecule has 0 saturated heterocycles. The van der Waals surface area contributed by atoms with Crippen LogP contribution in [0.1, 0.15) is 12.8 Å². The fraction of sp³-hybridized carbons (Fsp3) is 0.308. The second-order valence-electron chi connectivity index (χ2n) is 4.74. The number of hydrogen-bond donors (Lipinski definition) is 1. The van der Waals surface area contributed by atoms with Gasteiger partial charge in [-0.2, -0.15) is 0 Å². The number of ether oxygens (including phenoxy) is 2. The topological polar surface area (TPSA) is 86.5 Å². The lowest BCUT2D eigenvalue weighted by Crippen LogP contribution is -2.13. The van der Waals surface area contributed by atoms with E-state index in [0.717, 1.165) is 12.8 Å². The molecule has 1 saturated carbocycles. The highest BCUT2D eigenvalue weighted by atomic mass is 16.7. The molecule has 0 atom stereocenters. The maximum absolute atomic E-state index is 11.6. The molecule has 4 rings (SSSR count). The maximum atomic E-state index is 11.6. The lowest BCUT2D eigenvalue weighted by Gasteiger charge is -1.98. The Kier molecular flexibility index (Phi) is 2.38. The summed E-state index contributed by atoms with van der Waals surface area (Å²) in [6, 6.07) is 5.47. The van der Waals surface area contributed by atoms with E-state index in [1.54, 1.807) is 18.2 Å². The summed E-state index contributed by atoms with van der Waals surface area (Å²) in [5.41, 5.74) is 0.716. The Morgan fingerprint density at radius 3 is 2.90 bits per heavy atom. The van der Waals surface area contributed by atoms with Crippen molar-refractivity contribution in [2.24, 2.45) is 5.92 Å². The van der Waals surface area contributed by atoms with Gasteiger partial charge in [-0.1, -0.05) is 5.10 Å². The Labute approximate surface area is 113 Å². The number of amides is 1. The van der Waals surface area contributed by atoms with Gasteiger partial charge >= 0.3 is 6.01 Å². The Morgan fingerprint density at radius 1 is 1.20 bits per heavy atom. The Bertz CT molecular complexity index is 678. The number of nitrogens with zero attached hydrogens (tertiary/aromatic N) is 2. The fourth-order valence-corrected chi connectivity index (χ4v) is 1.97. The first kappa shape index (κ1) is 11.3. The zero-order valence-corrected chi connectivity index (χ0v) is 10.5. The molecule has 1 N–H and O–H groups in total. The van der Waals surface area contributed by atoms with E-state index >= 15 is 0 Å². The third-order valence-corrected chi connectivity index (χ3v) is 3.22. The Hall–Kier alpha value is -2.57. The van der Waals surface area contributed by atoms with E-state index in [1.165, 1.54) is 0 Å². The van der Waals surface area contributed by atoms with Crippen molar-refractivity contribution in [3.05, 3.63) is 18.2 Å². The summed E-state index contributed by atoms with van der Waals surface area (Å²) in [5.74, 6) is 1.69. The predicted molar refractivity (Wildman–Crippen MR) is 67.2 cm³/mol. The minimum atomic E-state index is -0.0640. The van der Waals surface area contributed by atoms with Crippen LogP contribution in [0.15, 0.2) is 22.6 Å². The first-order chi connectivity index (χ1) is 9.79. The summed E-state index contributed by atoms with van der Waals surface area (Å²) in [4.78, 5) is 11.6. The molecule has 1 aliphatic carbocycles. The van der Waals surface area contributed by atoms with Crippen LogP contribution in [0.25, 0.3) is 11.5 Å². The van der Waals surface area contributed by atoms with Gasteiger partial charge in [0.15, 0.2) is 11.5 Å². The van der Waals surface area contributed by atoms with Crippen LogP contribution in [-0.4, -0.2) is 22.9 Å². The van der Waals surface area contributed by atoms with Crippen molar-refractivity contribution >= 4 is 11.9 Å². The van der Waals surface area contributed by atoms with E-state index < -0.39 is 0 Å². The van der Waals surface area contributed by atoms with Crippen molar-refractivity contribution < 1.29 is 18.7 Å². The molecule has 102 valence electrons. The van der Waals surface area contributed by atoms with Gasteiger partial charge in [0.2, 0.25) is 18.6 Å². The number of anilines is 1. The maximum Gasteiger partial charge on any atom is 0.322 e. The third-order valence-electron chi connectivity index (χ3n) is 3.22. The van der Waals surface area contributed by atoms with Crippen LogP contribution in [0, 0.1) is 5.92 Å². The smallest absolute Gasteiger partial charge is 0.322 e. The number of aromatic nitrogens is 2. The molecule has 2 aliphatic rings. The molecule has 0 radical (unpaired) electrons. The van der Waals surface area contributed by atoms with Gasteiger partial charge in [0.1, 0.15) is 0 Å². The third kappa shape index (κ3) is 1.97. The molecule has 1 aromatic heterocycles. The van der Waals surface area contributed by atoms with E-state index in [0.29, 0.717) is 23.0 Å². The van der Waals surface area contributed by atoms with Crippen molar-refractivity contribution in [1.82, 2.24) is 10.2 Å². The molecule has 7 heteroatoms. The number of fused-ring (bicyclic) bond motifs is 1. The fourth-order valence-electron chi connectivity index (χ4n) is 1.97. The molecule has 0 bridgehead atoms. The van der Waals surface area contributed by atoms with E-state index in [4.69, 9.17) is 13.9 Å². The van der Waals surface area contributed by atoms with Crippen LogP contribution in [0.4, 0.5) is 6.01 Å². The van der Waals surface area contributed by atoms with Gasteiger partial charge in [0.05, 0.1) is 0 Å². The highest BCUT2D eigenvalue weighted by Gasteiger charge is 2.30. The van der Waals surface area contributed by atoms with Crippen molar-refractivity contribution in [1.29, 1.82) is 0 Å². The predicted octanol–water partition coefficient (Wildman–Crippen LogP) is 1.81. The minimum Gasteiger partial charge on any atom is -0.454 e. The van der Waals surface area contributed by atoms with Crippen LogP contribution < -0.4 is 14.8 Å². The summed E-state index contributed by atoms with van der Waals surface area (Å²) in [5, 5.41) is 10.3. The summed E-state index contributed by atoms with van der Waals surface area (Å²) in [6.45, 7) is 0.214. The summed E-state index contributed by atoms with van der Waals surface area (Å²) >= 11 is 0. The molecule has 2 aromatic rings. The van der Waals surface area contributed by atoms with Gasteiger partial charge < -0.3 is 13.9 Å². The van der Waals surface area contributed by atoms with E-state index in [2.05, 4.69) is 15.5 Å². The van der Waals surface area contributed by atoms with Gasteiger partial charge in [-0.05, 0) is 31.0 Å². The van der Waals surface area contributed by atoms with E-state index in [9.17, 15) is 4.79 Å². The highest BCUT2D eigenvalue weighted by molar-refractivity contribution is 5.92. The second-order valence-corrected chi connectivity index (χ2v) is 4.74. The molecular weight excluding hydrogens is 262 g/mol. The first-order valence-electron chi connectivity index (χ1n) is 6.34. The van der Waals surface area contributed by atoms with Crippen molar-refractivity contribution in [2.45, 2.75) is 12.8 Å². The molecule has 20 heavy (non-hydrogen) atoms. The van der Waals surface area contributed by atoms with Crippen LogP contribution >= 0.6 is 0 Å². The molecule has 0 spiro atoms. The van der Waals surface area contributed by atoms with Crippen molar-refractivity contribution in [2.75, 3.05) is 12.1 Å². The lowest BCUT2D eigenvalue weighted by atomic mass is 10.2. The van der Waals surface area contributed by atoms with Crippen LogP contribution in [0.3, 0.4) is 0 Å². The lowest BCUT2D eigenvalue weighted by molar-refractivity contribution is -0.117. The highest BCUT2D eigenvalue weighted by Crippen LogP contribution is 2.36. The van der Waals surface area contributed by atoms with Crippen LogP contribution in [0.2, 0.25) is 0 Å². The Morgan fingerprint density at radius 2 is 2.05 bits per heavy atom. The van der Waals surface area contributed by atoms with Gasteiger partial charge in [0, 0.05) is 11.5 Å². The van der Waals surface area contributed by atoms with Crippen molar-refractivity contribution in [3.63, 3.8) is 0 Å². The zero-order chi connectivity index (χ0) is 13.5. The number of carbonyl (C=O) groups is 1. The normalized spacial score (nSPS) is 16.2. The molecule has 2 heterocycles. The molecule has 1 amide bonds. The zero-order valence-electron chi connectivity index (χ0n) is 10.5. The number of carbonyl (C=O) groups excluding carboxylic acids is 1.